The van der Waals surface area contributed by atoms with E-state index in [9.17, 15) is 4.79 Å². The highest BCUT2D eigenvalue weighted by Crippen LogP contribution is 1.91. The van der Waals surface area contributed by atoms with Gasteiger partial charge >= 0.3 is 5.97 Å². The number of hydrogen-bond acceptors (Lipinski definition) is 3. The smallest absolute Gasteiger partial charge is 0.307 e. The maximum Gasteiger partial charge on any atom is 0.307 e. The molecule has 0 radical (unpaired) electrons. The van der Waals surface area contributed by atoms with Crippen LogP contribution in [0.15, 0.2) is 12.7 Å². The highest BCUT2D eigenvalue weighted by molar-refractivity contribution is 5.69. The second-order valence-electron chi connectivity index (χ2n) is 2.38. The van der Waals surface area contributed by atoms with Gasteiger partial charge in [-0.2, -0.15) is 0 Å². The summed E-state index contributed by atoms with van der Waals surface area (Å²) in [6.07, 6.45) is 2.16. The van der Waals surface area contributed by atoms with Gasteiger partial charge in [0.2, 0.25) is 0 Å². The minimum atomic E-state index is -0.186. The molecule has 0 saturated carbocycles. The normalized spacial score (nSPS) is 12.2. The number of methoxy groups -OCH3 is 1. The average Bonchev–Trinajstić information content (AvgIpc) is 2.00. The van der Waals surface area contributed by atoms with Crippen molar-refractivity contribution >= 4 is 5.97 Å². The van der Waals surface area contributed by atoms with Crippen LogP contribution in [-0.2, 0) is 9.53 Å². The lowest BCUT2D eigenvalue weighted by Crippen LogP contribution is -2.28. The maximum absolute atomic E-state index is 10.7. The molecule has 0 aromatic rings. The number of carbonyl (C=O) groups is 1. The summed E-state index contributed by atoms with van der Waals surface area (Å²) < 4.78 is 4.50. The molecule has 1 N–H and O–H groups in total. The molecule has 3 heteroatoms. The monoisotopic (exact) mass is 157 g/mol. The van der Waals surface area contributed by atoms with Crippen molar-refractivity contribution in [1.29, 1.82) is 0 Å². The summed E-state index contributed by atoms with van der Waals surface area (Å²) in [6, 6.07) is 0.153. The third kappa shape index (κ3) is 5.61. The van der Waals surface area contributed by atoms with Crippen molar-refractivity contribution in [1.82, 2.24) is 5.32 Å². The number of ether oxygens (including phenoxy) is 1. The van der Waals surface area contributed by atoms with Crippen LogP contribution in [-0.4, -0.2) is 25.7 Å². The Morgan fingerprint density at radius 3 is 2.91 bits per heavy atom. The van der Waals surface area contributed by atoms with Gasteiger partial charge in [-0.25, -0.2) is 0 Å². The fourth-order valence-electron chi connectivity index (χ4n) is 0.690. The van der Waals surface area contributed by atoms with Crippen molar-refractivity contribution in [2.24, 2.45) is 0 Å². The van der Waals surface area contributed by atoms with Crippen LogP contribution < -0.4 is 5.32 Å². The SMILES string of the molecule is C=CCNC(C)CC(=O)OC. The van der Waals surface area contributed by atoms with Gasteiger partial charge in [0.1, 0.15) is 0 Å². The zero-order valence-corrected chi connectivity index (χ0v) is 7.09. The van der Waals surface area contributed by atoms with Crippen molar-refractivity contribution < 1.29 is 9.53 Å². The summed E-state index contributed by atoms with van der Waals surface area (Å²) in [4.78, 5) is 10.7. The Kier molecular flexibility index (Phi) is 5.47. The Balaban J connectivity index is 3.42. The lowest BCUT2D eigenvalue weighted by atomic mass is 10.2. The Labute approximate surface area is 67.4 Å². The number of rotatable bonds is 5. The molecule has 0 rings (SSSR count). The summed E-state index contributed by atoms with van der Waals surface area (Å²) in [5.74, 6) is -0.186. The first-order valence-corrected chi connectivity index (χ1v) is 3.61. The van der Waals surface area contributed by atoms with E-state index >= 15 is 0 Å². The van der Waals surface area contributed by atoms with Gasteiger partial charge in [-0.3, -0.25) is 4.79 Å². The lowest BCUT2D eigenvalue weighted by molar-refractivity contribution is -0.141. The summed E-state index contributed by atoms with van der Waals surface area (Å²) in [6.45, 7) is 6.20. The third-order valence-corrected chi connectivity index (χ3v) is 1.31. The third-order valence-electron chi connectivity index (χ3n) is 1.31. The molecule has 0 amide bonds. The highest BCUT2D eigenvalue weighted by atomic mass is 16.5. The molecule has 0 bridgehead atoms. The predicted octanol–water partition coefficient (Wildman–Crippen LogP) is 0.714. The maximum atomic E-state index is 10.7. The van der Waals surface area contributed by atoms with Crippen LogP contribution in [0.5, 0.6) is 0 Å². The average molecular weight is 157 g/mol. The first-order valence-electron chi connectivity index (χ1n) is 3.61. The molecule has 0 saturated heterocycles. The van der Waals surface area contributed by atoms with Gasteiger partial charge in [0.25, 0.3) is 0 Å². The number of hydrogen-bond donors (Lipinski definition) is 1. The molecule has 0 aliphatic carbocycles. The lowest BCUT2D eigenvalue weighted by Gasteiger charge is -2.09. The van der Waals surface area contributed by atoms with Gasteiger partial charge in [0.15, 0.2) is 0 Å². The van der Waals surface area contributed by atoms with Crippen molar-refractivity contribution in [3.05, 3.63) is 12.7 Å². The molecule has 11 heavy (non-hydrogen) atoms. The van der Waals surface area contributed by atoms with E-state index in [0.29, 0.717) is 6.42 Å². The van der Waals surface area contributed by atoms with E-state index in [1.54, 1.807) is 6.08 Å². The first kappa shape index (κ1) is 10.2. The van der Waals surface area contributed by atoms with Crippen LogP contribution in [0.25, 0.3) is 0 Å². The van der Waals surface area contributed by atoms with Crippen LogP contribution in [0, 0.1) is 0 Å². The van der Waals surface area contributed by atoms with Gasteiger partial charge in [0.05, 0.1) is 13.5 Å². The summed E-state index contributed by atoms with van der Waals surface area (Å²) >= 11 is 0. The van der Waals surface area contributed by atoms with Crippen LogP contribution in [0.1, 0.15) is 13.3 Å². The summed E-state index contributed by atoms with van der Waals surface area (Å²) in [5.41, 5.74) is 0. The predicted molar refractivity (Wildman–Crippen MR) is 44.3 cm³/mol. The van der Waals surface area contributed by atoms with E-state index in [1.165, 1.54) is 7.11 Å². The van der Waals surface area contributed by atoms with Gasteiger partial charge in [-0.1, -0.05) is 6.08 Å². The quantitative estimate of drug-likeness (QED) is 0.472. The molecule has 0 fully saturated rings. The molecule has 1 unspecified atom stereocenters. The first-order chi connectivity index (χ1) is 5.20. The van der Waals surface area contributed by atoms with E-state index in [0.717, 1.165) is 6.54 Å². The number of carbonyl (C=O) groups excluding carboxylic acids is 1. The molecule has 0 aromatic carbocycles. The zero-order valence-electron chi connectivity index (χ0n) is 7.09. The molecule has 0 aliphatic rings. The van der Waals surface area contributed by atoms with E-state index in [4.69, 9.17) is 0 Å². The van der Waals surface area contributed by atoms with Crippen molar-refractivity contribution in [3.8, 4) is 0 Å². The van der Waals surface area contributed by atoms with E-state index in [2.05, 4.69) is 16.6 Å². The van der Waals surface area contributed by atoms with Crippen LogP contribution in [0.3, 0.4) is 0 Å². The minimum Gasteiger partial charge on any atom is -0.469 e. The molecule has 1 atom stereocenters. The fourth-order valence-corrected chi connectivity index (χ4v) is 0.690. The Morgan fingerprint density at radius 2 is 2.45 bits per heavy atom. The Morgan fingerprint density at radius 1 is 1.82 bits per heavy atom. The van der Waals surface area contributed by atoms with Crippen LogP contribution in [0.4, 0.5) is 0 Å². The highest BCUT2D eigenvalue weighted by Gasteiger charge is 2.06. The molecule has 0 aromatic heterocycles. The van der Waals surface area contributed by atoms with Gasteiger partial charge < -0.3 is 10.1 Å². The van der Waals surface area contributed by atoms with E-state index < -0.39 is 0 Å². The summed E-state index contributed by atoms with van der Waals surface area (Å²) in [7, 11) is 1.39. The van der Waals surface area contributed by atoms with Crippen molar-refractivity contribution in [2.45, 2.75) is 19.4 Å². The molecule has 64 valence electrons. The van der Waals surface area contributed by atoms with E-state index in [-0.39, 0.29) is 12.0 Å². The standard InChI is InChI=1S/C8H15NO2/c1-4-5-9-7(2)6-8(10)11-3/h4,7,9H,1,5-6H2,2-3H3. The fraction of sp³-hybridized carbons (Fsp3) is 0.625. The topological polar surface area (TPSA) is 38.3 Å². The van der Waals surface area contributed by atoms with Crippen molar-refractivity contribution in [2.75, 3.05) is 13.7 Å². The van der Waals surface area contributed by atoms with Gasteiger partial charge in [-0.15, -0.1) is 6.58 Å². The molecule has 0 aliphatic heterocycles. The van der Waals surface area contributed by atoms with Crippen LogP contribution >= 0.6 is 0 Å². The number of esters is 1. The Bertz CT molecular complexity index is 134. The minimum absolute atomic E-state index is 0.153. The van der Waals surface area contributed by atoms with Crippen LogP contribution in [0.2, 0.25) is 0 Å². The molecule has 0 spiro atoms. The largest absolute Gasteiger partial charge is 0.469 e. The van der Waals surface area contributed by atoms with E-state index in [1.807, 2.05) is 6.92 Å². The summed E-state index contributed by atoms with van der Waals surface area (Å²) in [5, 5.41) is 3.08. The molecule has 0 heterocycles. The zero-order chi connectivity index (χ0) is 8.69. The number of nitrogens with one attached hydrogen (secondary N) is 1. The van der Waals surface area contributed by atoms with Crippen molar-refractivity contribution in [3.63, 3.8) is 0 Å². The van der Waals surface area contributed by atoms with Gasteiger partial charge in [-0.05, 0) is 6.92 Å². The molecular formula is C8H15NO2. The van der Waals surface area contributed by atoms with Gasteiger partial charge in [0, 0.05) is 12.6 Å². The Hall–Kier alpha value is -0.830. The second kappa shape index (κ2) is 5.92. The molecule has 3 nitrogen and oxygen atoms in total. The second-order valence-corrected chi connectivity index (χ2v) is 2.38. The molecular weight excluding hydrogens is 142 g/mol.